The van der Waals surface area contributed by atoms with E-state index in [0.29, 0.717) is 38.6 Å². The van der Waals surface area contributed by atoms with Crippen LogP contribution in [0.25, 0.3) is 0 Å². The van der Waals surface area contributed by atoms with Gasteiger partial charge in [-0.1, -0.05) is 12.1 Å². The van der Waals surface area contributed by atoms with Crippen LogP contribution in [0.2, 0.25) is 0 Å². The Morgan fingerprint density at radius 2 is 1.60 bits per heavy atom. The normalized spacial score (nSPS) is 11.0. The van der Waals surface area contributed by atoms with Gasteiger partial charge in [-0.2, -0.15) is 0 Å². The summed E-state index contributed by atoms with van der Waals surface area (Å²) in [4.78, 5) is 0. The van der Waals surface area contributed by atoms with Gasteiger partial charge in [0.05, 0.1) is 19.8 Å². The maximum absolute atomic E-state index is 12.4. The molecule has 0 fully saturated rings. The zero-order valence-electron chi connectivity index (χ0n) is 11.8. The number of rotatable bonds is 9. The van der Waals surface area contributed by atoms with Gasteiger partial charge in [0.2, 0.25) is 0 Å². The topological polar surface area (TPSA) is 27.7 Å². The molecule has 1 rings (SSSR count). The largest absolute Gasteiger partial charge is 1.00 e. The van der Waals surface area contributed by atoms with Crippen molar-refractivity contribution in [2.45, 2.75) is 6.42 Å². The molecule has 0 atom stereocenters. The summed E-state index contributed by atoms with van der Waals surface area (Å²) in [5.74, 6) is 0.431. The van der Waals surface area contributed by atoms with Crippen molar-refractivity contribution >= 4 is 12.4 Å². The van der Waals surface area contributed by atoms with E-state index in [9.17, 15) is 12.9 Å². The predicted molar refractivity (Wildman–Crippen MR) is 68.0 cm³/mol. The summed E-state index contributed by atoms with van der Waals surface area (Å²) >= 11 is 0. The Labute approximate surface area is 159 Å². The van der Waals surface area contributed by atoms with Gasteiger partial charge < -0.3 is 27.2 Å². The van der Waals surface area contributed by atoms with Crippen LogP contribution >= 0.6 is 0 Å². The maximum atomic E-state index is 12.4. The Morgan fingerprint density at radius 3 is 2.15 bits per heavy atom. The van der Waals surface area contributed by atoms with E-state index in [0.717, 1.165) is 12.1 Å². The summed E-state index contributed by atoms with van der Waals surface area (Å²) in [5, 5.41) is 0. The van der Waals surface area contributed by atoms with Gasteiger partial charge in [0.1, 0.15) is 5.75 Å². The van der Waals surface area contributed by atoms with Gasteiger partial charge in [-0.15, -0.1) is 5.46 Å². The van der Waals surface area contributed by atoms with E-state index in [2.05, 4.69) is 0 Å². The van der Waals surface area contributed by atoms with Crippen LogP contribution in [0.3, 0.4) is 0 Å². The quantitative estimate of drug-likeness (QED) is 0.440. The average molecular weight is 316 g/mol. The van der Waals surface area contributed by atoms with Gasteiger partial charge in [0.25, 0.3) is 0 Å². The molecule has 0 heterocycles. The molecule has 108 valence electrons. The zero-order valence-corrected chi connectivity index (χ0v) is 14.9. The van der Waals surface area contributed by atoms with Crippen LogP contribution < -0.4 is 61.6 Å². The van der Waals surface area contributed by atoms with Crippen molar-refractivity contribution in [2.24, 2.45) is 0 Å². The van der Waals surface area contributed by atoms with Crippen LogP contribution in [0.4, 0.5) is 12.9 Å². The summed E-state index contributed by atoms with van der Waals surface area (Å²) in [6, 6.07) is 4.72. The average Bonchev–Trinajstić information content (AvgIpc) is 2.37. The molecule has 20 heavy (non-hydrogen) atoms. The number of halogens is 3. The fourth-order valence-electron chi connectivity index (χ4n) is 1.38. The predicted octanol–water partition coefficient (Wildman–Crippen LogP) is -0.823. The van der Waals surface area contributed by atoms with E-state index in [-0.39, 0.29) is 51.4 Å². The summed E-state index contributed by atoms with van der Waals surface area (Å²) < 4.78 is 52.4. The maximum Gasteiger partial charge on any atom is 1.00 e. The molecule has 1 aromatic rings. The molecule has 0 aromatic heterocycles. The first-order valence-corrected chi connectivity index (χ1v) is 6.03. The van der Waals surface area contributed by atoms with Crippen LogP contribution in [0.5, 0.6) is 5.75 Å². The molecular weight excluding hydrogens is 299 g/mol. The molecule has 0 aliphatic heterocycles. The second-order valence-electron chi connectivity index (χ2n) is 3.95. The number of ether oxygens (including phenoxy) is 3. The second kappa shape index (κ2) is 11.1. The number of hydrogen-bond acceptors (Lipinski definition) is 3. The standard InChI is InChI=1S/C12H17BF3O3.K/c1-17-9-10-18-7-2-8-19-12-5-3-11(4-6-12)13(14,15)16;/h3-6H,2,7-10H2,1H3;/q-1;+1. The van der Waals surface area contributed by atoms with Crippen molar-refractivity contribution < 1.29 is 78.5 Å². The van der Waals surface area contributed by atoms with Crippen molar-refractivity contribution in [3.8, 4) is 5.75 Å². The van der Waals surface area contributed by atoms with Gasteiger partial charge in [-0.25, -0.2) is 0 Å². The second-order valence-corrected chi connectivity index (χ2v) is 3.95. The van der Waals surface area contributed by atoms with Gasteiger partial charge >= 0.3 is 58.4 Å². The molecule has 0 N–H and O–H groups in total. The van der Waals surface area contributed by atoms with Gasteiger partial charge in [0, 0.05) is 20.1 Å². The summed E-state index contributed by atoms with van der Waals surface area (Å²) in [6.07, 6.45) is 0.675. The van der Waals surface area contributed by atoms with Crippen LogP contribution in [0, 0.1) is 0 Å². The number of benzene rings is 1. The molecule has 0 amide bonds. The van der Waals surface area contributed by atoms with Gasteiger partial charge in [0.15, 0.2) is 0 Å². The Morgan fingerprint density at radius 1 is 0.950 bits per heavy atom. The molecule has 0 bridgehead atoms. The summed E-state index contributed by atoms with van der Waals surface area (Å²) in [7, 11) is 1.60. The van der Waals surface area contributed by atoms with E-state index >= 15 is 0 Å². The molecule has 3 nitrogen and oxygen atoms in total. The zero-order chi connectivity index (χ0) is 14.1. The Bertz CT molecular complexity index is 360. The minimum absolute atomic E-state index is 0. The minimum atomic E-state index is -4.94. The monoisotopic (exact) mass is 316 g/mol. The fraction of sp³-hybridized carbons (Fsp3) is 0.500. The van der Waals surface area contributed by atoms with Gasteiger partial charge in [-0.05, 0) is 12.1 Å². The molecule has 1 aromatic carbocycles. The Kier molecular flexibility index (Phi) is 11.3. The third-order valence-electron chi connectivity index (χ3n) is 2.39. The first-order chi connectivity index (χ1) is 9.04. The molecule has 0 spiro atoms. The third kappa shape index (κ3) is 8.66. The van der Waals surface area contributed by atoms with E-state index in [1.54, 1.807) is 7.11 Å². The molecule has 0 aliphatic rings. The Hall–Kier alpha value is 0.431. The van der Waals surface area contributed by atoms with E-state index < -0.39 is 12.4 Å². The Balaban J connectivity index is 0.00000361. The molecule has 0 saturated heterocycles. The van der Waals surface area contributed by atoms with Crippen LogP contribution in [-0.2, 0) is 9.47 Å². The number of hydrogen-bond donors (Lipinski definition) is 0. The minimum Gasteiger partial charge on any atom is -0.494 e. The van der Waals surface area contributed by atoms with Crippen molar-refractivity contribution in [3.05, 3.63) is 24.3 Å². The molecular formula is C12H17BF3KO3. The first-order valence-electron chi connectivity index (χ1n) is 6.03. The van der Waals surface area contributed by atoms with Crippen molar-refractivity contribution in [1.82, 2.24) is 0 Å². The van der Waals surface area contributed by atoms with Crippen molar-refractivity contribution in [2.75, 3.05) is 33.5 Å². The van der Waals surface area contributed by atoms with E-state index in [1.165, 1.54) is 12.1 Å². The van der Waals surface area contributed by atoms with E-state index in [1.807, 2.05) is 0 Å². The first kappa shape index (κ1) is 20.4. The van der Waals surface area contributed by atoms with E-state index in [4.69, 9.17) is 14.2 Å². The smallest absolute Gasteiger partial charge is 0.494 e. The molecule has 0 unspecified atom stereocenters. The fourth-order valence-corrected chi connectivity index (χ4v) is 1.38. The van der Waals surface area contributed by atoms with Crippen LogP contribution in [0.15, 0.2) is 24.3 Å². The summed E-state index contributed by atoms with van der Waals surface area (Å²) in [5.41, 5.74) is -0.616. The summed E-state index contributed by atoms with van der Waals surface area (Å²) in [6.45, 7) is -2.93. The number of methoxy groups -OCH3 is 1. The van der Waals surface area contributed by atoms with Crippen LogP contribution in [0.1, 0.15) is 6.42 Å². The molecule has 0 aliphatic carbocycles. The SMILES string of the molecule is COCCOCCCOc1ccc([B-](F)(F)F)cc1.[K+]. The third-order valence-corrected chi connectivity index (χ3v) is 2.39. The van der Waals surface area contributed by atoms with Crippen LogP contribution in [-0.4, -0.2) is 40.5 Å². The van der Waals surface area contributed by atoms with Crippen molar-refractivity contribution in [3.63, 3.8) is 0 Å². The molecule has 0 saturated carbocycles. The van der Waals surface area contributed by atoms with Gasteiger partial charge in [-0.3, -0.25) is 0 Å². The molecule has 8 heteroatoms. The van der Waals surface area contributed by atoms with Crippen molar-refractivity contribution in [1.29, 1.82) is 0 Å². The molecule has 0 radical (unpaired) electrons.